The summed E-state index contributed by atoms with van der Waals surface area (Å²) in [5, 5.41) is -0.101. The van der Waals surface area contributed by atoms with Gasteiger partial charge in [-0.3, -0.25) is 9.78 Å². The number of hydrogen-bond donors (Lipinski definition) is 0. The van der Waals surface area contributed by atoms with Crippen LogP contribution in [-0.2, 0) is 6.18 Å². The zero-order valence-electron chi connectivity index (χ0n) is 13.1. The number of pyridine rings is 1. The fraction of sp³-hybridized carbons (Fsp3) is 0.250. The quantitative estimate of drug-likeness (QED) is 0.708. The van der Waals surface area contributed by atoms with Gasteiger partial charge in [-0.05, 0) is 25.1 Å². The number of hydrogen-bond acceptors (Lipinski definition) is 4. The van der Waals surface area contributed by atoms with E-state index in [0.29, 0.717) is 15.3 Å². The molecule has 2 heterocycles. The average molecular weight is 375 g/mol. The fourth-order valence-corrected chi connectivity index (χ4v) is 3.14. The summed E-state index contributed by atoms with van der Waals surface area (Å²) in [6.45, 7) is 1.45. The van der Waals surface area contributed by atoms with Gasteiger partial charge in [-0.2, -0.15) is 13.2 Å². The first-order valence-electron chi connectivity index (χ1n) is 6.82. The van der Waals surface area contributed by atoms with Crippen LogP contribution in [0.1, 0.15) is 32.7 Å². The van der Waals surface area contributed by atoms with Gasteiger partial charge in [0, 0.05) is 36.9 Å². The van der Waals surface area contributed by atoms with Crippen LogP contribution in [0.25, 0.3) is 5.57 Å². The molecule has 0 saturated carbocycles. The SMILES string of the molecule is CC(=O)c1ccc(C(=CN(C)C)c2ncc(C(F)(F)F)cc2Cl)s1. The standard InChI is InChI=1S/C16H14ClF3N2OS/c1-9(23)13-4-5-14(24-13)11(8-22(2)3)15-12(17)6-10(7-21-15)16(18,19)20/h4-8H,1-3H3. The van der Waals surface area contributed by atoms with Gasteiger partial charge >= 0.3 is 6.18 Å². The first-order chi connectivity index (χ1) is 11.1. The van der Waals surface area contributed by atoms with E-state index >= 15 is 0 Å². The molecule has 0 N–H and O–H groups in total. The summed E-state index contributed by atoms with van der Waals surface area (Å²) in [6, 6.07) is 4.25. The molecule has 0 bridgehead atoms. The Morgan fingerprint density at radius 3 is 2.38 bits per heavy atom. The summed E-state index contributed by atoms with van der Waals surface area (Å²) in [7, 11) is 3.55. The Labute approximate surface area is 146 Å². The Hall–Kier alpha value is -1.86. The average Bonchev–Trinajstić information content (AvgIpc) is 2.93. The lowest BCUT2D eigenvalue weighted by Crippen LogP contribution is -2.08. The Morgan fingerprint density at radius 2 is 1.92 bits per heavy atom. The van der Waals surface area contributed by atoms with Crippen LogP contribution < -0.4 is 0 Å². The molecule has 0 aliphatic rings. The largest absolute Gasteiger partial charge is 0.417 e. The molecular weight excluding hydrogens is 361 g/mol. The van der Waals surface area contributed by atoms with Crippen LogP contribution in [0.3, 0.4) is 0 Å². The highest BCUT2D eigenvalue weighted by atomic mass is 35.5. The van der Waals surface area contributed by atoms with Gasteiger partial charge < -0.3 is 4.90 Å². The monoisotopic (exact) mass is 374 g/mol. The summed E-state index contributed by atoms with van der Waals surface area (Å²) < 4.78 is 38.3. The van der Waals surface area contributed by atoms with Gasteiger partial charge in [0.1, 0.15) is 0 Å². The van der Waals surface area contributed by atoms with Crippen molar-refractivity contribution in [2.75, 3.05) is 14.1 Å². The van der Waals surface area contributed by atoms with E-state index in [1.54, 1.807) is 37.3 Å². The van der Waals surface area contributed by atoms with E-state index in [-0.39, 0.29) is 16.5 Å². The molecule has 8 heteroatoms. The number of carbonyl (C=O) groups excluding carboxylic acids is 1. The van der Waals surface area contributed by atoms with Crippen LogP contribution in [0.2, 0.25) is 5.02 Å². The molecule has 0 radical (unpaired) electrons. The van der Waals surface area contributed by atoms with E-state index < -0.39 is 11.7 Å². The van der Waals surface area contributed by atoms with Gasteiger partial charge in [0.15, 0.2) is 5.78 Å². The molecule has 2 aromatic heterocycles. The molecular formula is C16H14ClF3N2OS. The number of Topliss-reactive ketones (excluding diaryl/α,β-unsaturated/α-hetero) is 1. The van der Waals surface area contributed by atoms with Crippen molar-refractivity contribution >= 4 is 34.3 Å². The lowest BCUT2D eigenvalue weighted by Gasteiger charge is -2.13. The second-order valence-electron chi connectivity index (χ2n) is 5.28. The highest BCUT2D eigenvalue weighted by Crippen LogP contribution is 2.36. The normalized spacial score (nSPS) is 12.4. The number of halogens is 4. The first kappa shape index (κ1) is 18.5. The van der Waals surface area contributed by atoms with Crippen molar-refractivity contribution in [2.45, 2.75) is 13.1 Å². The van der Waals surface area contributed by atoms with Crippen molar-refractivity contribution in [3.8, 4) is 0 Å². The van der Waals surface area contributed by atoms with Crippen molar-refractivity contribution in [3.63, 3.8) is 0 Å². The van der Waals surface area contributed by atoms with Crippen molar-refractivity contribution in [2.24, 2.45) is 0 Å². The zero-order chi connectivity index (χ0) is 18.1. The molecule has 3 nitrogen and oxygen atoms in total. The van der Waals surface area contributed by atoms with Crippen LogP contribution in [0.15, 0.2) is 30.6 Å². The highest BCUT2D eigenvalue weighted by Gasteiger charge is 2.32. The van der Waals surface area contributed by atoms with Crippen LogP contribution in [0.4, 0.5) is 13.2 Å². The maximum Gasteiger partial charge on any atom is 0.417 e. The summed E-state index contributed by atoms with van der Waals surface area (Å²) in [6.07, 6.45) is -2.05. The third kappa shape index (κ3) is 4.15. The van der Waals surface area contributed by atoms with Gasteiger partial charge in [-0.25, -0.2) is 0 Å². The van der Waals surface area contributed by atoms with E-state index in [0.717, 1.165) is 12.3 Å². The molecule has 0 amide bonds. The third-order valence-corrected chi connectivity index (χ3v) is 4.54. The summed E-state index contributed by atoms with van der Waals surface area (Å²) in [5.41, 5.74) is -0.123. The molecule has 0 aliphatic heterocycles. The summed E-state index contributed by atoms with van der Waals surface area (Å²) in [4.78, 5) is 18.4. The van der Waals surface area contributed by atoms with Gasteiger partial charge in [0.25, 0.3) is 0 Å². The molecule has 0 aliphatic carbocycles. The predicted octanol–water partition coefficient (Wildman–Crippen LogP) is 4.97. The maximum atomic E-state index is 12.8. The number of thiophene rings is 1. The molecule has 24 heavy (non-hydrogen) atoms. The molecule has 0 atom stereocenters. The molecule has 0 aromatic carbocycles. The van der Waals surface area contributed by atoms with Crippen molar-refractivity contribution in [1.82, 2.24) is 9.88 Å². The highest BCUT2D eigenvalue weighted by molar-refractivity contribution is 7.15. The molecule has 0 unspecified atom stereocenters. The van der Waals surface area contributed by atoms with Crippen molar-refractivity contribution in [3.05, 3.63) is 56.6 Å². The minimum Gasteiger partial charge on any atom is -0.383 e. The summed E-state index contributed by atoms with van der Waals surface area (Å²) >= 11 is 7.29. The van der Waals surface area contributed by atoms with E-state index in [1.165, 1.54) is 18.3 Å². The Morgan fingerprint density at radius 1 is 1.29 bits per heavy atom. The fourth-order valence-electron chi connectivity index (χ4n) is 1.96. The Kier molecular flexibility index (Phi) is 5.35. The zero-order valence-corrected chi connectivity index (χ0v) is 14.7. The number of nitrogens with zero attached hydrogens (tertiary/aromatic N) is 2. The van der Waals surface area contributed by atoms with Crippen molar-refractivity contribution in [1.29, 1.82) is 0 Å². The topological polar surface area (TPSA) is 33.2 Å². The minimum atomic E-state index is -4.51. The molecule has 0 fully saturated rings. The van der Waals surface area contributed by atoms with Gasteiger partial charge in [-0.15, -0.1) is 11.3 Å². The van der Waals surface area contributed by atoms with Crippen LogP contribution in [0.5, 0.6) is 0 Å². The lowest BCUT2D eigenvalue weighted by molar-refractivity contribution is -0.137. The lowest BCUT2D eigenvalue weighted by atomic mass is 10.1. The molecule has 2 aromatic rings. The number of aromatic nitrogens is 1. The van der Waals surface area contributed by atoms with Crippen LogP contribution in [-0.4, -0.2) is 29.8 Å². The van der Waals surface area contributed by atoms with Crippen molar-refractivity contribution < 1.29 is 18.0 Å². The molecule has 2 rings (SSSR count). The van der Waals surface area contributed by atoms with Gasteiger partial charge in [0.05, 0.1) is 21.2 Å². The van der Waals surface area contributed by atoms with E-state index in [4.69, 9.17) is 11.6 Å². The number of rotatable bonds is 4. The molecule has 0 saturated heterocycles. The number of alkyl halides is 3. The van der Waals surface area contributed by atoms with Crippen LogP contribution >= 0.6 is 22.9 Å². The van der Waals surface area contributed by atoms with E-state index in [9.17, 15) is 18.0 Å². The maximum absolute atomic E-state index is 12.8. The number of ketones is 1. The third-order valence-electron chi connectivity index (χ3n) is 3.03. The van der Waals surface area contributed by atoms with E-state index in [2.05, 4.69) is 4.98 Å². The number of carbonyl (C=O) groups is 1. The van der Waals surface area contributed by atoms with E-state index in [1.807, 2.05) is 0 Å². The minimum absolute atomic E-state index is 0.0815. The summed E-state index contributed by atoms with van der Waals surface area (Å²) in [5.74, 6) is -0.0815. The Bertz CT molecular complexity index is 797. The van der Waals surface area contributed by atoms with Gasteiger partial charge in [-0.1, -0.05) is 11.6 Å². The first-order valence-corrected chi connectivity index (χ1v) is 8.01. The smallest absolute Gasteiger partial charge is 0.383 e. The molecule has 0 spiro atoms. The Balaban J connectivity index is 2.55. The second kappa shape index (κ2) is 6.94. The van der Waals surface area contributed by atoms with Gasteiger partial charge in [0.2, 0.25) is 0 Å². The predicted molar refractivity (Wildman–Crippen MR) is 89.3 cm³/mol. The van der Waals surface area contributed by atoms with Crippen LogP contribution in [0, 0.1) is 0 Å². The second-order valence-corrected chi connectivity index (χ2v) is 6.77. The molecule has 128 valence electrons.